The Morgan fingerprint density at radius 1 is 1.31 bits per heavy atom. The van der Waals surface area contributed by atoms with E-state index < -0.39 is 21.8 Å². The first-order valence-electron chi connectivity index (χ1n) is 10.8. The van der Waals surface area contributed by atoms with Crippen molar-refractivity contribution in [3.63, 3.8) is 0 Å². The number of fused-ring (bicyclic) bond motifs is 2. The summed E-state index contributed by atoms with van der Waals surface area (Å²) in [7, 11) is -0.0698. The number of carbonyl (C=O) groups is 2. The lowest BCUT2D eigenvalue weighted by molar-refractivity contribution is 0.0949. The molecule has 0 saturated carbocycles. The van der Waals surface area contributed by atoms with Crippen molar-refractivity contribution in [2.75, 3.05) is 19.4 Å². The van der Waals surface area contributed by atoms with Crippen LogP contribution in [0.3, 0.4) is 0 Å². The van der Waals surface area contributed by atoms with Crippen molar-refractivity contribution in [3.05, 3.63) is 75.8 Å². The maximum absolute atomic E-state index is 12.9. The van der Waals surface area contributed by atoms with Gasteiger partial charge in [-0.3, -0.25) is 9.59 Å². The number of anilines is 1. The highest BCUT2D eigenvalue weighted by Crippen LogP contribution is 2.30. The third-order valence-electron chi connectivity index (χ3n) is 5.68. The molecule has 4 heterocycles. The van der Waals surface area contributed by atoms with E-state index in [0.717, 1.165) is 26.1 Å². The summed E-state index contributed by atoms with van der Waals surface area (Å²) >= 11 is 1.51. The smallest absolute Gasteiger partial charge is 0.273 e. The molecule has 1 atom stereocenters. The minimum absolute atomic E-state index is 0.00430. The van der Waals surface area contributed by atoms with Crippen molar-refractivity contribution in [2.24, 2.45) is 4.99 Å². The van der Waals surface area contributed by atoms with Crippen LogP contribution in [0.2, 0.25) is 0 Å². The van der Waals surface area contributed by atoms with Crippen LogP contribution in [0.25, 0.3) is 0 Å². The van der Waals surface area contributed by atoms with Crippen LogP contribution >= 0.6 is 11.3 Å². The van der Waals surface area contributed by atoms with Gasteiger partial charge >= 0.3 is 0 Å². The lowest BCUT2D eigenvalue weighted by Gasteiger charge is -2.18. The summed E-state index contributed by atoms with van der Waals surface area (Å²) in [6, 6.07) is 7.04. The zero-order valence-electron chi connectivity index (χ0n) is 18.9. The Labute approximate surface area is 206 Å². The highest BCUT2D eigenvalue weighted by atomic mass is 32.2. The predicted octanol–water partition coefficient (Wildman–Crippen LogP) is 2.64. The molecular weight excluding hydrogens is 488 g/mol. The molecule has 2 amide bonds. The van der Waals surface area contributed by atoms with Crippen molar-refractivity contribution >= 4 is 45.1 Å². The summed E-state index contributed by atoms with van der Waals surface area (Å²) < 4.78 is 26.8. The zero-order chi connectivity index (χ0) is 24.7. The van der Waals surface area contributed by atoms with Gasteiger partial charge < -0.3 is 15.5 Å². The minimum Gasteiger partial charge on any atom is -0.363 e. The largest absolute Gasteiger partial charge is 0.363 e. The van der Waals surface area contributed by atoms with Gasteiger partial charge in [0.2, 0.25) is 0 Å². The van der Waals surface area contributed by atoms with Crippen LogP contribution in [0.15, 0.2) is 64.5 Å². The fraction of sp³-hybridized carbons (Fsp3) is 0.217. The molecule has 0 aliphatic carbocycles. The molecule has 1 aromatic carbocycles. The maximum Gasteiger partial charge on any atom is 0.273 e. The molecule has 0 spiro atoms. The number of carbonyl (C=O) groups excluding carboxylic acids is 2. The number of rotatable bonds is 5. The molecular formula is C23H22N6O4S2. The number of allylic oxidation sites excluding steroid dienone is 1. The fourth-order valence-corrected chi connectivity index (χ4v) is 6.26. The lowest BCUT2D eigenvalue weighted by Crippen LogP contribution is -2.22. The Morgan fingerprint density at radius 3 is 2.89 bits per heavy atom. The van der Waals surface area contributed by atoms with E-state index in [4.69, 9.17) is 0 Å². The van der Waals surface area contributed by atoms with Crippen molar-refractivity contribution in [1.29, 1.82) is 0 Å². The van der Waals surface area contributed by atoms with Crippen LogP contribution in [0, 0.1) is 0 Å². The summed E-state index contributed by atoms with van der Waals surface area (Å²) in [5, 5.41) is 6.35. The van der Waals surface area contributed by atoms with Gasteiger partial charge in [0.05, 0.1) is 12.2 Å². The summed E-state index contributed by atoms with van der Waals surface area (Å²) in [5.74, 6) is 0.0639. The van der Waals surface area contributed by atoms with Crippen molar-refractivity contribution < 1.29 is 18.0 Å². The second-order valence-electron chi connectivity index (χ2n) is 8.28. The van der Waals surface area contributed by atoms with Crippen LogP contribution in [0.1, 0.15) is 43.1 Å². The van der Waals surface area contributed by atoms with Gasteiger partial charge in [-0.1, -0.05) is 0 Å². The number of hydrogen-bond donors (Lipinski definition) is 2. The maximum atomic E-state index is 12.9. The molecule has 3 aromatic rings. The van der Waals surface area contributed by atoms with Gasteiger partial charge in [-0.15, -0.1) is 11.3 Å². The highest BCUT2D eigenvalue weighted by molar-refractivity contribution is 7.90. The lowest BCUT2D eigenvalue weighted by atomic mass is 10.1. The molecule has 35 heavy (non-hydrogen) atoms. The van der Waals surface area contributed by atoms with Crippen LogP contribution in [-0.4, -0.2) is 54.4 Å². The van der Waals surface area contributed by atoms with E-state index >= 15 is 0 Å². The number of hydrogen-bond acceptors (Lipinski definition) is 8. The molecule has 0 saturated heterocycles. The molecule has 1 unspecified atom stereocenters. The molecule has 0 fully saturated rings. The predicted molar refractivity (Wildman–Crippen MR) is 132 cm³/mol. The van der Waals surface area contributed by atoms with E-state index in [1.807, 2.05) is 25.2 Å². The van der Waals surface area contributed by atoms with E-state index in [1.165, 1.54) is 47.9 Å². The SMILES string of the molecule is CN(C)C1=CCC(c2ncc(CNC(=O)c3ccc4c(c3)NC(=O)c3cccn3S4(=O)=O)s2)C=N1. The number of aromatic nitrogens is 2. The Kier molecular flexibility index (Phi) is 5.77. The molecule has 2 aromatic heterocycles. The third-order valence-corrected chi connectivity index (χ3v) is 8.56. The van der Waals surface area contributed by atoms with Crippen molar-refractivity contribution in [1.82, 2.24) is 19.2 Å². The van der Waals surface area contributed by atoms with Gasteiger partial charge in [0.15, 0.2) is 0 Å². The standard InChI is InChI=1S/C23H22N6O4S2/c1-28(2)20-8-6-15(11-24-20)23-26-13-16(34-23)12-25-21(30)14-5-7-19-17(10-14)27-22(31)18-4-3-9-29(18)35(19,32)33/h3-5,7-11,13,15H,6,12H2,1-2H3,(H,25,30)(H,27,31). The third kappa shape index (κ3) is 4.26. The fourth-order valence-electron chi connectivity index (χ4n) is 3.86. The van der Waals surface area contributed by atoms with Crippen LogP contribution < -0.4 is 10.6 Å². The number of amides is 2. The van der Waals surface area contributed by atoms with E-state index in [9.17, 15) is 18.0 Å². The number of nitrogens with one attached hydrogen (secondary N) is 2. The summed E-state index contributed by atoms with van der Waals surface area (Å²) in [6.07, 6.45) is 7.83. The molecule has 5 rings (SSSR count). The first kappa shape index (κ1) is 23.0. The molecule has 2 aliphatic heterocycles. The average Bonchev–Trinajstić information content (AvgIpc) is 3.51. The van der Waals surface area contributed by atoms with Gasteiger partial charge in [-0.25, -0.2) is 22.4 Å². The van der Waals surface area contributed by atoms with Gasteiger partial charge in [-0.05, 0) is 42.8 Å². The highest BCUT2D eigenvalue weighted by Gasteiger charge is 2.30. The van der Waals surface area contributed by atoms with Crippen LogP contribution in [0.5, 0.6) is 0 Å². The molecule has 10 nitrogen and oxygen atoms in total. The molecule has 180 valence electrons. The summed E-state index contributed by atoms with van der Waals surface area (Å²) in [5.41, 5.74) is 0.300. The second kappa shape index (κ2) is 8.78. The zero-order valence-corrected chi connectivity index (χ0v) is 20.6. The van der Waals surface area contributed by atoms with Crippen molar-refractivity contribution in [2.45, 2.75) is 23.8 Å². The van der Waals surface area contributed by atoms with E-state index in [-0.39, 0.29) is 34.3 Å². The average molecular weight is 511 g/mol. The normalized spacial score (nSPS) is 18.1. The number of nitrogens with zero attached hydrogens (tertiary/aromatic N) is 4. The van der Waals surface area contributed by atoms with E-state index in [2.05, 4.69) is 26.7 Å². The molecule has 2 N–H and O–H groups in total. The Bertz CT molecular complexity index is 1500. The topological polar surface area (TPSA) is 126 Å². The summed E-state index contributed by atoms with van der Waals surface area (Å²) in [6.45, 7) is 0.270. The van der Waals surface area contributed by atoms with Crippen molar-refractivity contribution in [3.8, 4) is 0 Å². The van der Waals surface area contributed by atoms with E-state index in [0.29, 0.717) is 0 Å². The second-order valence-corrected chi connectivity index (χ2v) is 11.2. The quantitative estimate of drug-likeness (QED) is 0.544. The van der Waals surface area contributed by atoms with Gasteiger partial charge in [0.1, 0.15) is 21.4 Å². The number of thiazole rings is 1. The first-order valence-corrected chi connectivity index (χ1v) is 13.0. The first-order chi connectivity index (χ1) is 16.7. The van der Waals surface area contributed by atoms with Crippen LogP contribution in [-0.2, 0) is 16.6 Å². The van der Waals surface area contributed by atoms with Gasteiger partial charge in [0, 0.05) is 49.1 Å². The minimum atomic E-state index is -3.96. The summed E-state index contributed by atoms with van der Waals surface area (Å²) in [4.78, 5) is 37.0. The molecule has 12 heteroatoms. The van der Waals surface area contributed by atoms with Gasteiger partial charge in [0.25, 0.3) is 21.8 Å². The molecule has 0 bridgehead atoms. The van der Waals surface area contributed by atoms with Gasteiger partial charge in [-0.2, -0.15) is 0 Å². The molecule has 0 radical (unpaired) electrons. The Balaban J connectivity index is 1.28. The number of benzene rings is 1. The Hall–Kier alpha value is -3.77. The monoisotopic (exact) mass is 510 g/mol. The molecule has 2 aliphatic rings. The van der Waals surface area contributed by atoms with Crippen LogP contribution in [0.4, 0.5) is 5.69 Å². The number of aliphatic imine (C=N–C) groups is 1. The van der Waals surface area contributed by atoms with E-state index in [1.54, 1.807) is 6.20 Å². The Morgan fingerprint density at radius 2 is 2.14 bits per heavy atom.